The smallest absolute Gasteiger partial charge is 0.422 e. The molecule has 0 spiro atoms. The number of benzene rings is 1. The summed E-state index contributed by atoms with van der Waals surface area (Å²) in [4.78, 5) is 26.1. The Kier molecular flexibility index (Phi) is 9.04. The average Bonchev–Trinajstić information content (AvgIpc) is 3.12. The number of esters is 1. The van der Waals surface area contributed by atoms with E-state index in [9.17, 15) is 22.8 Å². The van der Waals surface area contributed by atoms with E-state index < -0.39 is 42.9 Å². The Balaban J connectivity index is 2.08. The third-order valence-corrected chi connectivity index (χ3v) is 5.76. The van der Waals surface area contributed by atoms with E-state index in [-0.39, 0.29) is 48.0 Å². The fourth-order valence-corrected chi connectivity index (χ4v) is 3.91. The summed E-state index contributed by atoms with van der Waals surface area (Å²) in [5, 5.41) is 0. The van der Waals surface area contributed by atoms with E-state index in [1.54, 1.807) is 39.8 Å². The predicted molar refractivity (Wildman–Crippen MR) is 126 cm³/mol. The van der Waals surface area contributed by atoms with Crippen LogP contribution in [0.2, 0.25) is 0 Å². The molecule has 1 saturated heterocycles. The highest BCUT2D eigenvalue weighted by Crippen LogP contribution is 2.35. The molecule has 0 saturated carbocycles. The van der Waals surface area contributed by atoms with Gasteiger partial charge in [0.1, 0.15) is 29.3 Å². The van der Waals surface area contributed by atoms with Crippen molar-refractivity contribution in [2.24, 2.45) is 0 Å². The number of carbonyl (C=O) groups is 2. The van der Waals surface area contributed by atoms with E-state index in [1.807, 2.05) is 0 Å². The highest BCUT2D eigenvalue weighted by Gasteiger charge is 2.44. The first-order chi connectivity index (χ1) is 17.3. The van der Waals surface area contributed by atoms with Gasteiger partial charge < -0.3 is 28.4 Å². The van der Waals surface area contributed by atoms with Gasteiger partial charge in [0.2, 0.25) is 0 Å². The van der Waals surface area contributed by atoms with Crippen LogP contribution >= 0.6 is 0 Å². The van der Waals surface area contributed by atoms with Gasteiger partial charge in [-0.1, -0.05) is 18.2 Å². The van der Waals surface area contributed by atoms with E-state index in [0.717, 1.165) is 0 Å². The summed E-state index contributed by atoms with van der Waals surface area (Å²) in [7, 11) is 1.36. The minimum absolute atomic E-state index is 0.0130. The van der Waals surface area contributed by atoms with E-state index in [2.05, 4.69) is 0 Å². The van der Waals surface area contributed by atoms with Gasteiger partial charge in [0.15, 0.2) is 25.0 Å². The minimum Gasteiger partial charge on any atom is -0.484 e. The summed E-state index contributed by atoms with van der Waals surface area (Å²) in [6, 6.07) is 2.47. The molecule has 3 rings (SSSR count). The molecule has 2 aliphatic heterocycles. The van der Waals surface area contributed by atoms with E-state index >= 15 is 0 Å². The maximum Gasteiger partial charge on any atom is 0.422 e. The zero-order valence-corrected chi connectivity index (χ0v) is 21.3. The number of Topliss-reactive ketones (excluding diaryl/α,β-unsaturated/α-hetero) is 1. The van der Waals surface area contributed by atoms with Gasteiger partial charge in [-0.15, -0.1) is 0 Å². The first-order valence-corrected chi connectivity index (χ1v) is 11.7. The average molecular weight is 529 g/mol. The van der Waals surface area contributed by atoms with Crippen molar-refractivity contribution in [1.82, 2.24) is 0 Å². The molecule has 1 aromatic carbocycles. The summed E-state index contributed by atoms with van der Waals surface area (Å²) in [5.74, 6) is -2.16. The molecule has 37 heavy (non-hydrogen) atoms. The van der Waals surface area contributed by atoms with Crippen molar-refractivity contribution in [3.05, 3.63) is 41.0 Å². The van der Waals surface area contributed by atoms with Crippen LogP contribution in [0.25, 0.3) is 6.08 Å². The minimum atomic E-state index is -4.57. The van der Waals surface area contributed by atoms with Gasteiger partial charge >= 0.3 is 12.1 Å². The number of methoxy groups -OCH3 is 1. The topological polar surface area (TPSA) is 89.5 Å². The number of rotatable bonds is 5. The number of hydrogen-bond donors (Lipinski definition) is 0. The number of hydrogen-bond acceptors (Lipinski definition) is 8. The summed E-state index contributed by atoms with van der Waals surface area (Å²) in [5.41, 5.74) is 0.818. The van der Waals surface area contributed by atoms with Crippen molar-refractivity contribution in [2.75, 3.05) is 20.5 Å². The van der Waals surface area contributed by atoms with Crippen LogP contribution in [0.15, 0.2) is 29.9 Å². The fraction of sp³-hybridized carbons (Fsp3) is 0.538. The molecule has 0 N–H and O–H groups in total. The number of fused-ring (bicyclic) bond motifs is 2. The Bertz CT molecular complexity index is 1060. The number of halogens is 3. The van der Waals surface area contributed by atoms with Crippen molar-refractivity contribution in [3.63, 3.8) is 0 Å². The maximum absolute atomic E-state index is 13.2. The first-order valence-electron chi connectivity index (χ1n) is 11.7. The zero-order valence-electron chi connectivity index (χ0n) is 21.3. The van der Waals surface area contributed by atoms with Gasteiger partial charge in [0.25, 0.3) is 0 Å². The van der Waals surface area contributed by atoms with Gasteiger partial charge in [0.05, 0.1) is 6.10 Å². The van der Waals surface area contributed by atoms with Crippen LogP contribution in [-0.4, -0.2) is 62.5 Å². The predicted octanol–water partition coefficient (Wildman–Crippen LogP) is 5.00. The lowest BCUT2D eigenvalue weighted by atomic mass is 10.00. The molecule has 8 nitrogen and oxygen atoms in total. The second-order valence-electron chi connectivity index (χ2n) is 9.24. The standard InChI is InChI=1S/C26H31F3O8/c1-15-9-10-19(30)23-20(36-25(3,4)37-23)8-6-7-17-11-18(33-13-26(27,28)29)12-21(34-14-32-5)22(17)24(31)35-16(15)2/h6-7,9,11-12,16,20,23H,8,10,13-14H2,1-5H3/t16-,20-,23+/m0/s1. The van der Waals surface area contributed by atoms with E-state index in [4.69, 9.17) is 28.4 Å². The summed E-state index contributed by atoms with van der Waals surface area (Å²) < 4.78 is 71.1. The Morgan fingerprint density at radius 2 is 1.86 bits per heavy atom. The van der Waals surface area contributed by atoms with E-state index in [1.165, 1.54) is 25.3 Å². The summed E-state index contributed by atoms with van der Waals surface area (Å²) >= 11 is 0. The number of ether oxygens (including phenoxy) is 6. The quantitative estimate of drug-likeness (QED) is 0.300. The molecule has 0 unspecified atom stereocenters. The van der Waals surface area contributed by atoms with Crippen molar-refractivity contribution in [2.45, 2.75) is 70.8 Å². The van der Waals surface area contributed by atoms with Gasteiger partial charge in [-0.25, -0.2) is 4.79 Å². The Morgan fingerprint density at radius 1 is 1.14 bits per heavy atom. The second-order valence-corrected chi connectivity index (χ2v) is 9.24. The van der Waals surface area contributed by atoms with Crippen molar-refractivity contribution >= 4 is 17.8 Å². The number of cyclic esters (lactones) is 1. The molecule has 0 radical (unpaired) electrons. The highest BCUT2D eigenvalue weighted by atomic mass is 19.4. The van der Waals surface area contributed by atoms with Gasteiger partial charge in [-0.2, -0.15) is 13.2 Å². The second kappa shape index (κ2) is 11.7. The maximum atomic E-state index is 13.2. The van der Waals surface area contributed by atoms with Crippen LogP contribution in [0.1, 0.15) is 56.5 Å². The molecular weight excluding hydrogens is 497 g/mol. The SMILES string of the molecule is COCOc1cc(OCC(F)(F)F)cc2c1C(=O)O[C@@H](C)C(C)=CCC(=O)[C@H]1OC(C)(C)O[C@H]1CC=C2. The number of carbonyl (C=O) groups excluding carboxylic acids is 2. The van der Waals surface area contributed by atoms with Gasteiger partial charge in [-0.3, -0.25) is 4.79 Å². The molecule has 1 aromatic rings. The van der Waals surface area contributed by atoms with Crippen LogP contribution in [0.5, 0.6) is 11.5 Å². The summed E-state index contributed by atoms with van der Waals surface area (Å²) in [6.07, 6.45) is -1.55. The largest absolute Gasteiger partial charge is 0.484 e. The Labute approximate surface area is 213 Å². The number of alkyl halides is 3. The molecule has 3 atom stereocenters. The normalized spacial score (nSPS) is 24.4. The number of allylic oxidation sites excluding steroid dienone is 1. The van der Waals surface area contributed by atoms with Crippen LogP contribution < -0.4 is 9.47 Å². The van der Waals surface area contributed by atoms with Gasteiger partial charge in [-0.05, 0) is 51.3 Å². The number of ketones is 1. The third kappa shape index (κ3) is 7.80. The van der Waals surface area contributed by atoms with Crippen LogP contribution in [0.4, 0.5) is 13.2 Å². The molecule has 0 amide bonds. The van der Waals surface area contributed by atoms with Crippen LogP contribution in [-0.2, 0) is 23.7 Å². The molecule has 2 aliphatic rings. The van der Waals surface area contributed by atoms with E-state index in [0.29, 0.717) is 5.57 Å². The molecule has 0 aliphatic carbocycles. The zero-order chi connectivity index (χ0) is 27.4. The van der Waals surface area contributed by atoms with Crippen molar-refractivity contribution in [3.8, 4) is 11.5 Å². The monoisotopic (exact) mass is 528 g/mol. The molecule has 0 bridgehead atoms. The highest BCUT2D eigenvalue weighted by molar-refractivity contribution is 5.97. The lowest BCUT2D eigenvalue weighted by Gasteiger charge is -2.20. The van der Waals surface area contributed by atoms with Crippen LogP contribution in [0, 0.1) is 0 Å². The molecule has 1 fully saturated rings. The Hall–Kier alpha value is -2.89. The van der Waals surface area contributed by atoms with Crippen LogP contribution in [0.3, 0.4) is 0 Å². The first kappa shape index (κ1) is 28.7. The van der Waals surface area contributed by atoms with Crippen molar-refractivity contribution in [1.29, 1.82) is 0 Å². The lowest BCUT2D eigenvalue weighted by Crippen LogP contribution is -2.31. The summed E-state index contributed by atoms with van der Waals surface area (Å²) in [6.45, 7) is 4.98. The van der Waals surface area contributed by atoms with Gasteiger partial charge in [0, 0.05) is 19.6 Å². The molecular formula is C26H31F3O8. The molecule has 0 aromatic heterocycles. The molecule has 204 valence electrons. The fourth-order valence-electron chi connectivity index (χ4n) is 3.91. The lowest BCUT2D eigenvalue weighted by molar-refractivity contribution is -0.154. The van der Waals surface area contributed by atoms with Crippen molar-refractivity contribution < 1.29 is 51.2 Å². The molecule has 11 heteroatoms. The third-order valence-electron chi connectivity index (χ3n) is 5.76. The molecule has 2 heterocycles. The Morgan fingerprint density at radius 3 is 2.54 bits per heavy atom.